The fourth-order valence-corrected chi connectivity index (χ4v) is 5.15. The van der Waals surface area contributed by atoms with Gasteiger partial charge in [-0.15, -0.1) is 0 Å². The van der Waals surface area contributed by atoms with Crippen LogP contribution < -0.4 is 21.9 Å². The second-order valence-corrected chi connectivity index (χ2v) is 9.20. The maximum atomic E-state index is 7.95. The molecule has 1 aliphatic heterocycles. The van der Waals surface area contributed by atoms with E-state index >= 15 is 0 Å². The summed E-state index contributed by atoms with van der Waals surface area (Å²) in [6, 6.07) is 6.08. The molecule has 160 valence electrons. The molecule has 0 bridgehead atoms. The molecule has 8 heteroatoms. The maximum absolute atomic E-state index is 7.95. The van der Waals surface area contributed by atoms with E-state index in [0.29, 0.717) is 23.0 Å². The van der Waals surface area contributed by atoms with Crippen LogP contribution in [0.4, 0.5) is 0 Å². The van der Waals surface area contributed by atoms with Gasteiger partial charge in [-0.1, -0.05) is 18.5 Å². The Morgan fingerprint density at radius 1 is 1.39 bits per heavy atom. The number of aromatic nitrogens is 2. The number of fused-ring (bicyclic) bond motifs is 1. The van der Waals surface area contributed by atoms with Crippen molar-refractivity contribution in [2.75, 3.05) is 0 Å². The number of quaternary nitrogens is 2. The standard InChI is InChI=1S/C23H26ClN7/c1-12(14-7-20(26)31-29-11-14)21-22(13-2-3-13)23(21)28-10-16(8-25)15-6-18-17(27-9-15)4-5-19(24)30-18/h4-13,21-23,25,28-29,31H,2-3,26H2,1H3/p+2. The van der Waals surface area contributed by atoms with Gasteiger partial charge in [-0.3, -0.25) is 4.98 Å². The van der Waals surface area contributed by atoms with Crippen molar-refractivity contribution in [1.29, 1.82) is 5.41 Å². The van der Waals surface area contributed by atoms with Gasteiger partial charge in [-0.2, -0.15) is 0 Å². The molecular formula is C23H28ClN7+2. The Morgan fingerprint density at radius 2 is 2.23 bits per heavy atom. The van der Waals surface area contributed by atoms with Crippen LogP contribution in [0.1, 0.15) is 25.3 Å². The monoisotopic (exact) mass is 437 g/mol. The van der Waals surface area contributed by atoms with E-state index in [-0.39, 0.29) is 0 Å². The first-order valence-electron chi connectivity index (χ1n) is 10.8. The first-order chi connectivity index (χ1) is 15.0. The van der Waals surface area contributed by atoms with E-state index in [2.05, 4.69) is 46.1 Å². The van der Waals surface area contributed by atoms with E-state index < -0.39 is 0 Å². The lowest BCUT2D eigenvalue weighted by atomic mass is 9.93. The van der Waals surface area contributed by atoms with Crippen molar-refractivity contribution in [1.82, 2.24) is 15.4 Å². The highest BCUT2D eigenvalue weighted by Gasteiger charge is 2.62. The number of halogens is 1. The predicted octanol–water partition coefficient (Wildman–Crippen LogP) is 1.26. The van der Waals surface area contributed by atoms with Gasteiger partial charge in [-0.25, -0.2) is 15.8 Å². The van der Waals surface area contributed by atoms with E-state index in [1.807, 2.05) is 17.6 Å². The zero-order chi connectivity index (χ0) is 21.5. The highest BCUT2D eigenvalue weighted by atomic mass is 35.5. The maximum Gasteiger partial charge on any atom is 0.220 e. The third kappa shape index (κ3) is 4.08. The van der Waals surface area contributed by atoms with Crippen LogP contribution in [0.25, 0.3) is 16.6 Å². The molecule has 0 amide bonds. The van der Waals surface area contributed by atoms with Crippen LogP contribution >= 0.6 is 11.6 Å². The van der Waals surface area contributed by atoms with Gasteiger partial charge < -0.3 is 16.5 Å². The van der Waals surface area contributed by atoms with E-state index in [4.69, 9.17) is 22.7 Å². The molecule has 4 atom stereocenters. The van der Waals surface area contributed by atoms with Crippen LogP contribution in [0.15, 0.2) is 54.3 Å². The van der Waals surface area contributed by atoms with Crippen molar-refractivity contribution in [3.63, 3.8) is 0 Å². The Bertz CT molecular complexity index is 1120. The molecule has 2 fully saturated rings. The second-order valence-electron chi connectivity index (χ2n) is 8.81. The molecule has 3 heterocycles. The third-order valence-electron chi connectivity index (χ3n) is 6.79. The number of allylic oxidation sites excluding steroid dienone is 3. The van der Waals surface area contributed by atoms with Crippen molar-refractivity contribution >= 4 is 34.4 Å². The van der Waals surface area contributed by atoms with Crippen molar-refractivity contribution in [2.45, 2.75) is 25.8 Å². The molecule has 3 aliphatic rings. The number of hydrogen-bond donors (Lipinski definition) is 5. The van der Waals surface area contributed by atoms with Crippen LogP contribution in [0.5, 0.6) is 0 Å². The van der Waals surface area contributed by atoms with Crippen LogP contribution in [0.3, 0.4) is 0 Å². The summed E-state index contributed by atoms with van der Waals surface area (Å²) < 4.78 is 0. The summed E-state index contributed by atoms with van der Waals surface area (Å²) in [6.45, 7) is 2.31. The lowest BCUT2D eigenvalue weighted by Crippen LogP contribution is -2.92. The van der Waals surface area contributed by atoms with E-state index in [1.165, 1.54) is 24.6 Å². The highest BCUT2D eigenvalue weighted by molar-refractivity contribution is 6.29. The largest absolute Gasteiger partial charge is 0.353 e. The quantitative estimate of drug-likeness (QED) is 0.254. The molecule has 2 aliphatic carbocycles. The molecule has 4 unspecified atom stereocenters. The van der Waals surface area contributed by atoms with Gasteiger partial charge >= 0.3 is 0 Å². The average Bonchev–Trinajstić information content (AvgIpc) is 3.67. The van der Waals surface area contributed by atoms with Crippen molar-refractivity contribution in [3.8, 4) is 0 Å². The SMILES string of the molecule is CC(C1=CN[NH2+]C(N)=C1)C1C([NH2+]C=C(C=N)c2cnc3ccc(Cl)nc3c2)C1C1CC1. The summed E-state index contributed by atoms with van der Waals surface area (Å²) in [5, 5.41) is 10.7. The number of rotatable bonds is 7. The van der Waals surface area contributed by atoms with Crippen LogP contribution in [-0.2, 0) is 0 Å². The van der Waals surface area contributed by atoms with Gasteiger partial charge in [0.2, 0.25) is 5.82 Å². The van der Waals surface area contributed by atoms with Gasteiger partial charge in [0, 0.05) is 35.9 Å². The minimum Gasteiger partial charge on any atom is -0.353 e. The average molecular weight is 438 g/mol. The highest BCUT2D eigenvalue weighted by Crippen LogP contribution is 2.57. The van der Waals surface area contributed by atoms with E-state index in [0.717, 1.165) is 39.8 Å². The first kappa shape index (κ1) is 20.2. The smallest absolute Gasteiger partial charge is 0.220 e. The summed E-state index contributed by atoms with van der Waals surface area (Å²) in [6.07, 6.45) is 12.1. The summed E-state index contributed by atoms with van der Waals surface area (Å²) in [5.41, 5.74) is 15.5. The fourth-order valence-electron chi connectivity index (χ4n) is 4.99. The molecule has 2 saturated carbocycles. The summed E-state index contributed by atoms with van der Waals surface area (Å²) in [7, 11) is 0. The zero-order valence-corrected chi connectivity index (χ0v) is 18.2. The second kappa shape index (κ2) is 8.07. The van der Waals surface area contributed by atoms with Gasteiger partial charge in [-0.05, 0) is 48.4 Å². The number of nitrogens with one attached hydrogen (secondary N) is 2. The molecule has 0 saturated heterocycles. The first-order valence-corrected chi connectivity index (χ1v) is 11.2. The topological polar surface area (TPSA) is 121 Å². The van der Waals surface area contributed by atoms with Crippen molar-refractivity contribution in [2.24, 2.45) is 29.4 Å². The Morgan fingerprint density at radius 3 is 2.97 bits per heavy atom. The van der Waals surface area contributed by atoms with Gasteiger partial charge in [0.05, 0.1) is 28.8 Å². The lowest BCUT2D eigenvalue weighted by Gasteiger charge is -2.16. The molecule has 7 nitrogen and oxygen atoms in total. The van der Waals surface area contributed by atoms with E-state index in [9.17, 15) is 0 Å². The molecule has 0 radical (unpaired) electrons. The Labute approximate surface area is 186 Å². The Kier molecular flexibility index (Phi) is 5.25. The summed E-state index contributed by atoms with van der Waals surface area (Å²) in [4.78, 5) is 8.84. The number of pyridine rings is 2. The van der Waals surface area contributed by atoms with Crippen LogP contribution in [0.2, 0.25) is 5.15 Å². The molecular weight excluding hydrogens is 410 g/mol. The molecule has 31 heavy (non-hydrogen) atoms. The zero-order valence-electron chi connectivity index (χ0n) is 17.4. The number of hydrogen-bond acceptors (Lipinski definition) is 5. The molecule has 5 rings (SSSR count). The Balaban J connectivity index is 1.35. The molecule has 0 aromatic carbocycles. The van der Waals surface area contributed by atoms with Gasteiger partial charge in [0.25, 0.3) is 0 Å². The van der Waals surface area contributed by atoms with Crippen LogP contribution in [-0.4, -0.2) is 22.2 Å². The fraction of sp³-hybridized carbons (Fsp3) is 0.348. The normalized spacial score (nSPS) is 26.6. The van der Waals surface area contributed by atoms with Gasteiger partial charge in [0.1, 0.15) is 11.4 Å². The Hall–Kier alpha value is -2.74. The molecule has 2 aromatic rings. The van der Waals surface area contributed by atoms with Gasteiger partial charge in [0.15, 0.2) is 0 Å². The third-order valence-corrected chi connectivity index (χ3v) is 7.00. The summed E-state index contributed by atoms with van der Waals surface area (Å²) >= 11 is 6.04. The number of nitrogens with two attached hydrogens (primary N) is 3. The lowest BCUT2D eigenvalue weighted by molar-refractivity contribution is -0.659. The van der Waals surface area contributed by atoms with Crippen molar-refractivity contribution < 1.29 is 10.7 Å². The minimum absolute atomic E-state index is 0.442. The molecule has 2 aromatic heterocycles. The van der Waals surface area contributed by atoms with Crippen LogP contribution in [0, 0.1) is 29.1 Å². The molecule has 8 N–H and O–H groups in total. The summed E-state index contributed by atoms with van der Waals surface area (Å²) in [5.74, 6) is 3.38. The minimum atomic E-state index is 0.442. The predicted molar refractivity (Wildman–Crippen MR) is 121 cm³/mol. The number of nitrogens with zero attached hydrogens (tertiary/aromatic N) is 2. The van der Waals surface area contributed by atoms with Crippen molar-refractivity contribution in [3.05, 3.63) is 65.0 Å². The molecule has 0 spiro atoms. The van der Waals surface area contributed by atoms with E-state index in [1.54, 1.807) is 12.3 Å².